The smallest absolute Gasteiger partial charge is 0.422 e. The number of halogens is 3. The van der Waals surface area contributed by atoms with Crippen molar-refractivity contribution in [3.05, 3.63) is 18.3 Å². The summed E-state index contributed by atoms with van der Waals surface area (Å²) in [7, 11) is -3.34. The molecule has 1 fully saturated rings. The van der Waals surface area contributed by atoms with E-state index in [2.05, 4.69) is 19.8 Å². The molecular weight excluding hydrogens is 395 g/mol. The lowest BCUT2D eigenvalue weighted by atomic mass is 9.86. The van der Waals surface area contributed by atoms with E-state index in [4.69, 9.17) is 0 Å². The third-order valence-corrected chi connectivity index (χ3v) is 6.95. The van der Waals surface area contributed by atoms with Crippen molar-refractivity contribution in [3.8, 4) is 5.88 Å². The van der Waals surface area contributed by atoms with Gasteiger partial charge in [-0.25, -0.2) is 18.1 Å². The Bertz CT molecular complexity index is 723. The summed E-state index contributed by atoms with van der Waals surface area (Å²) in [4.78, 5) is 3.86. The van der Waals surface area contributed by atoms with Crippen molar-refractivity contribution in [2.75, 3.05) is 18.5 Å². The van der Waals surface area contributed by atoms with Crippen LogP contribution in [0, 0.1) is 5.92 Å². The van der Waals surface area contributed by atoms with Gasteiger partial charge in [-0.15, -0.1) is 0 Å². The molecule has 1 heterocycles. The molecule has 6 nitrogen and oxygen atoms in total. The minimum Gasteiger partial charge on any atom is -0.468 e. The lowest BCUT2D eigenvalue weighted by Gasteiger charge is -2.31. The van der Waals surface area contributed by atoms with Crippen LogP contribution in [0.15, 0.2) is 18.3 Å². The second-order valence-electron chi connectivity index (χ2n) is 8.12. The van der Waals surface area contributed by atoms with E-state index in [0.717, 1.165) is 25.7 Å². The highest BCUT2D eigenvalue weighted by Crippen LogP contribution is 2.27. The third-order valence-electron chi connectivity index (χ3n) is 4.69. The van der Waals surface area contributed by atoms with Crippen molar-refractivity contribution >= 4 is 15.7 Å². The monoisotopic (exact) mass is 423 g/mol. The Kier molecular flexibility index (Phi) is 7.19. The molecule has 28 heavy (non-hydrogen) atoms. The van der Waals surface area contributed by atoms with Gasteiger partial charge in [0.2, 0.25) is 15.9 Å². The summed E-state index contributed by atoms with van der Waals surface area (Å²) in [5.41, 5.74) is 0.704. The van der Waals surface area contributed by atoms with E-state index in [1.807, 2.05) is 0 Å². The summed E-state index contributed by atoms with van der Waals surface area (Å²) >= 11 is 0. The van der Waals surface area contributed by atoms with Crippen LogP contribution in [0.1, 0.15) is 46.5 Å². The van der Waals surface area contributed by atoms with Crippen LogP contribution < -0.4 is 14.8 Å². The van der Waals surface area contributed by atoms with Gasteiger partial charge >= 0.3 is 6.18 Å². The molecule has 0 aromatic carbocycles. The summed E-state index contributed by atoms with van der Waals surface area (Å²) in [5, 5.41) is 3.22. The normalized spacial score (nSPS) is 21.4. The van der Waals surface area contributed by atoms with Gasteiger partial charge in [-0.1, -0.05) is 0 Å². The van der Waals surface area contributed by atoms with Crippen molar-refractivity contribution in [1.29, 1.82) is 0 Å². The van der Waals surface area contributed by atoms with Gasteiger partial charge in [0.05, 0.1) is 16.6 Å². The second-order valence-corrected chi connectivity index (χ2v) is 10.6. The van der Waals surface area contributed by atoms with E-state index in [1.54, 1.807) is 26.8 Å². The summed E-state index contributed by atoms with van der Waals surface area (Å²) in [6, 6.07) is 2.99. The average Bonchev–Trinajstić information content (AvgIpc) is 2.58. The number of alkyl halides is 3. The van der Waals surface area contributed by atoms with Crippen LogP contribution in [-0.4, -0.2) is 43.5 Å². The van der Waals surface area contributed by atoms with E-state index in [9.17, 15) is 21.6 Å². The molecule has 1 saturated carbocycles. The second kappa shape index (κ2) is 8.86. The van der Waals surface area contributed by atoms with Gasteiger partial charge in [-0.3, -0.25) is 0 Å². The standard InChI is InChI=1S/C18H28F3N3O3S/c1-17(2,3)28(25,26)24-14-6-4-13(5-7-14)10-22-15-8-9-16(23-11-15)27-12-18(19,20)21/h8-9,11,13-14,22,24H,4-7,10,12H2,1-3H3/t13-,14-. The zero-order valence-corrected chi connectivity index (χ0v) is 17.2. The SMILES string of the molecule is CC(C)(C)S(=O)(=O)N[C@H]1CC[C@H](CNc2ccc(OCC(F)(F)F)nc2)CC1. The van der Waals surface area contributed by atoms with E-state index in [0.29, 0.717) is 18.2 Å². The predicted octanol–water partition coefficient (Wildman–Crippen LogP) is 3.71. The molecule has 1 aromatic heterocycles. The van der Waals surface area contributed by atoms with Crippen molar-refractivity contribution in [3.63, 3.8) is 0 Å². The van der Waals surface area contributed by atoms with Gasteiger partial charge in [0.25, 0.3) is 0 Å². The molecule has 1 aromatic rings. The van der Waals surface area contributed by atoms with Gasteiger partial charge in [0.1, 0.15) is 0 Å². The highest BCUT2D eigenvalue weighted by molar-refractivity contribution is 7.90. The molecule has 160 valence electrons. The molecule has 0 spiro atoms. The number of hydrogen-bond donors (Lipinski definition) is 2. The van der Waals surface area contributed by atoms with Crippen LogP contribution in [0.25, 0.3) is 0 Å². The first-order valence-corrected chi connectivity index (χ1v) is 10.8. The van der Waals surface area contributed by atoms with Crippen molar-refractivity contribution in [1.82, 2.24) is 9.71 Å². The van der Waals surface area contributed by atoms with Crippen molar-refractivity contribution < 1.29 is 26.3 Å². The maximum atomic E-state index is 12.2. The minimum absolute atomic E-state index is 0.0350. The Morgan fingerprint density at radius 3 is 2.29 bits per heavy atom. The van der Waals surface area contributed by atoms with Gasteiger partial charge in [-0.05, 0) is 58.4 Å². The fourth-order valence-corrected chi connectivity index (χ4v) is 3.90. The van der Waals surface area contributed by atoms with Crippen LogP contribution >= 0.6 is 0 Å². The van der Waals surface area contributed by atoms with E-state index in [-0.39, 0.29) is 11.9 Å². The highest BCUT2D eigenvalue weighted by Gasteiger charge is 2.32. The number of aromatic nitrogens is 1. The summed E-state index contributed by atoms with van der Waals surface area (Å²) < 4.78 is 67.4. The number of nitrogens with one attached hydrogen (secondary N) is 2. The molecule has 0 amide bonds. The predicted molar refractivity (Wildman–Crippen MR) is 102 cm³/mol. The quantitative estimate of drug-likeness (QED) is 0.699. The molecule has 1 aliphatic carbocycles. The van der Waals surface area contributed by atoms with Gasteiger partial charge in [-0.2, -0.15) is 13.2 Å². The number of rotatable bonds is 7. The zero-order chi connectivity index (χ0) is 21.0. The molecule has 10 heteroatoms. The molecule has 0 unspecified atom stereocenters. The molecule has 0 radical (unpaired) electrons. The number of anilines is 1. The largest absolute Gasteiger partial charge is 0.468 e. The average molecular weight is 424 g/mol. The molecule has 2 N–H and O–H groups in total. The number of hydrogen-bond acceptors (Lipinski definition) is 5. The molecule has 0 atom stereocenters. The number of pyridine rings is 1. The molecule has 2 rings (SSSR count). The third kappa shape index (κ3) is 7.12. The van der Waals surface area contributed by atoms with E-state index < -0.39 is 27.6 Å². The molecule has 0 aliphatic heterocycles. The first-order chi connectivity index (χ1) is 12.9. The Labute approximate surface area is 164 Å². The summed E-state index contributed by atoms with van der Waals surface area (Å²) in [6.45, 7) is 4.37. The van der Waals surface area contributed by atoms with Crippen LogP contribution in [0.2, 0.25) is 0 Å². The van der Waals surface area contributed by atoms with Crippen LogP contribution in [0.3, 0.4) is 0 Å². The lowest BCUT2D eigenvalue weighted by Crippen LogP contribution is -2.46. The Hall–Kier alpha value is -1.55. The first kappa shape index (κ1) is 22.7. The van der Waals surface area contributed by atoms with Gasteiger partial charge in [0.15, 0.2) is 6.61 Å². The Morgan fingerprint density at radius 1 is 1.14 bits per heavy atom. The first-order valence-electron chi connectivity index (χ1n) is 9.27. The van der Waals surface area contributed by atoms with E-state index >= 15 is 0 Å². The molecule has 1 aliphatic rings. The lowest BCUT2D eigenvalue weighted by molar-refractivity contribution is -0.154. The molecule has 0 saturated heterocycles. The number of ether oxygens (including phenoxy) is 1. The minimum atomic E-state index is -4.39. The fraction of sp³-hybridized carbons (Fsp3) is 0.722. The Balaban J connectivity index is 1.74. The Morgan fingerprint density at radius 2 is 1.79 bits per heavy atom. The summed E-state index contributed by atoms with van der Waals surface area (Å²) in [5.74, 6) is 0.325. The number of sulfonamides is 1. The highest BCUT2D eigenvalue weighted by atomic mass is 32.2. The zero-order valence-electron chi connectivity index (χ0n) is 16.3. The maximum absolute atomic E-state index is 12.2. The van der Waals surface area contributed by atoms with Gasteiger partial charge < -0.3 is 10.1 Å². The fourth-order valence-electron chi connectivity index (χ4n) is 2.87. The molecular formula is C18H28F3N3O3S. The van der Waals surface area contributed by atoms with Gasteiger partial charge in [0, 0.05) is 18.7 Å². The number of nitrogens with zero attached hydrogens (tertiary/aromatic N) is 1. The van der Waals surface area contributed by atoms with Crippen LogP contribution in [0.5, 0.6) is 5.88 Å². The molecule has 0 bridgehead atoms. The topological polar surface area (TPSA) is 80.3 Å². The van der Waals surface area contributed by atoms with Crippen LogP contribution in [0.4, 0.5) is 18.9 Å². The summed E-state index contributed by atoms with van der Waals surface area (Å²) in [6.07, 6.45) is 0.399. The van der Waals surface area contributed by atoms with Crippen LogP contribution in [-0.2, 0) is 10.0 Å². The van der Waals surface area contributed by atoms with Crippen molar-refractivity contribution in [2.45, 2.75) is 63.4 Å². The van der Waals surface area contributed by atoms with Crippen molar-refractivity contribution in [2.24, 2.45) is 5.92 Å². The maximum Gasteiger partial charge on any atom is 0.422 e. The van der Waals surface area contributed by atoms with E-state index in [1.165, 1.54) is 12.3 Å².